The highest BCUT2D eigenvalue weighted by Gasteiger charge is 2.53. The number of rotatable bonds is 5. The van der Waals surface area contributed by atoms with Crippen molar-refractivity contribution < 1.29 is 0 Å². The molecule has 3 aliphatic rings. The molecule has 0 spiro atoms. The Morgan fingerprint density at radius 3 is 2.76 bits per heavy atom. The van der Waals surface area contributed by atoms with E-state index in [-0.39, 0.29) is 0 Å². The molecule has 154 valence electrons. The zero-order chi connectivity index (χ0) is 20.0. The first kappa shape index (κ1) is 19.2. The molecule has 5 atom stereocenters. The number of piperidine rings is 2. The number of aliphatic imine (C=N–C) groups is 1. The summed E-state index contributed by atoms with van der Waals surface area (Å²) in [7, 11) is 4.10. The van der Waals surface area contributed by atoms with E-state index in [1.54, 1.807) is 0 Å². The van der Waals surface area contributed by atoms with Crippen molar-refractivity contribution in [3.8, 4) is 0 Å². The molecule has 1 saturated carbocycles. The normalized spacial score (nSPS) is 32.9. The molecule has 1 aromatic heterocycles. The van der Waals surface area contributed by atoms with E-state index in [0.717, 1.165) is 34.8 Å². The van der Waals surface area contributed by atoms with E-state index in [2.05, 4.69) is 53.0 Å². The van der Waals surface area contributed by atoms with E-state index in [1.165, 1.54) is 56.5 Å². The van der Waals surface area contributed by atoms with Gasteiger partial charge in [-0.1, -0.05) is 25.1 Å². The molecule has 2 aliphatic heterocycles. The van der Waals surface area contributed by atoms with Crippen LogP contribution in [0.5, 0.6) is 0 Å². The Balaban J connectivity index is 1.31. The lowest BCUT2D eigenvalue weighted by molar-refractivity contribution is 0.157. The zero-order valence-electron chi connectivity index (χ0n) is 18.1. The number of likely N-dealkylation sites (tertiary alicyclic amines) is 2. The molecule has 1 unspecified atom stereocenters. The molecule has 1 aliphatic carbocycles. The van der Waals surface area contributed by atoms with Gasteiger partial charge in [-0.15, -0.1) is 0 Å². The second-order valence-electron chi connectivity index (χ2n) is 9.83. The molecule has 0 radical (unpaired) electrons. The summed E-state index contributed by atoms with van der Waals surface area (Å²) in [6, 6.07) is 8.87. The molecular weight excluding hydrogens is 356 g/mol. The number of pyridine rings is 1. The smallest absolute Gasteiger partial charge is 0.0792 e. The number of hydrogen-bond donors (Lipinski definition) is 0. The van der Waals surface area contributed by atoms with Crippen LogP contribution in [-0.4, -0.2) is 67.8 Å². The molecule has 2 saturated heterocycles. The Bertz CT molecular complexity index is 895. The monoisotopic (exact) mass is 390 g/mol. The van der Waals surface area contributed by atoms with Crippen LogP contribution in [0.25, 0.3) is 10.9 Å². The SMILES string of the molecule is CN=Cc1ccc([C@H]2C[C@@H](C)CN(CCC3[C@H]4CN(C)C[C@@H]34)C2)c2cccnc12. The van der Waals surface area contributed by atoms with Gasteiger partial charge in [0, 0.05) is 56.6 Å². The van der Waals surface area contributed by atoms with Crippen molar-refractivity contribution in [2.45, 2.75) is 25.7 Å². The van der Waals surface area contributed by atoms with Gasteiger partial charge in [-0.2, -0.15) is 0 Å². The van der Waals surface area contributed by atoms with Gasteiger partial charge in [-0.25, -0.2) is 0 Å². The fourth-order valence-corrected chi connectivity index (χ4v) is 6.31. The van der Waals surface area contributed by atoms with Gasteiger partial charge in [-0.3, -0.25) is 9.98 Å². The summed E-state index contributed by atoms with van der Waals surface area (Å²) < 4.78 is 0. The number of benzene rings is 1. The maximum atomic E-state index is 4.69. The standard InChI is InChI=1S/C25H34N4/c1-17-11-19(14-29(13-17)10-8-21-23-15-28(3)16-24(21)23)20-7-6-18(12-26-2)25-22(20)5-4-9-27-25/h4-7,9,12,17,19,21,23-24H,8,10-11,13-16H2,1-3H3/t17-,19+,21?,23-,24+/m1/s1. The first-order valence-corrected chi connectivity index (χ1v) is 11.3. The maximum Gasteiger partial charge on any atom is 0.0792 e. The van der Waals surface area contributed by atoms with Gasteiger partial charge in [0.15, 0.2) is 0 Å². The van der Waals surface area contributed by atoms with Gasteiger partial charge in [0.2, 0.25) is 0 Å². The fourth-order valence-electron chi connectivity index (χ4n) is 6.31. The molecule has 3 fully saturated rings. The van der Waals surface area contributed by atoms with Crippen molar-refractivity contribution in [2.24, 2.45) is 28.7 Å². The molecular formula is C25H34N4. The van der Waals surface area contributed by atoms with Crippen molar-refractivity contribution in [1.29, 1.82) is 0 Å². The van der Waals surface area contributed by atoms with Crippen molar-refractivity contribution in [2.75, 3.05) is 46.8 Å². The van der Waals surface area contributed by atoms with E-state index in [1.807, 2.05) is 19.5 Å². The van der Waals surface area contributed by atoms with Gasteiger partial charge in [-0.05, 0) is 67.7 Å². The maximum absolute atomic E-state index is 4.69. The van der Waals surface area contributed by atoms with Crippen molar-refractivity contribution in [3.63, 3.8) is 0 Å². The van der Waals surface area contributed by atoms with Crippen LogP contribution in [0.3, 0.4) is 0 Å². The van der Waals surface area contributed by atoms with Gasteiger partial charge >= 0.3 is 0 Å². The summed E-state index contributed by atoms with van der Waals surface area (Å²) in [5, 5.41) is 1.31. The lowest BCUT2D eigenvalue weighted by atomic mass is 9.83. The van der Waals surface area contributed by atoms with E-state index < -0.39 is 0 Å². The van der Waals surface area contributed by atoms with Gasteiger partial charge in [0.1, 0.15) is 0 Å². The molecule has 29 heavy (non-hydrogen) atoms. The number of fused-ring (bicyclic) bond motifs is 2. The van der Waals surface area contributed by atoms with E-state index >= 15 is 0 Å². The Morgan fingerprint density at radius 1 is 1.14 bits per heavy atom. The molecule has 5 rings (SSSR count). The topological polar surface area (TPSA) is 31.7 Å². The van der Waals surface area contributed by atoms with Crippen LogP contribution in [0.4, 0.5) is 0 Å². The third-order valence-electron chi connectivity index (χ3n) is 7.61. The Labute approximate surface area is 175 Å². The van der Waals surface area contributed by atoms with Gasteiger partial charge in [0.05, 0.1) is 5.52 Å². The lowest BCUT2D eigenvalue weighted by Gasteiger charge is -2.37. The predicted molar refractivity (Wildman–Crippen MR) is 121 cm³/mol. The molecule has 0 N–H and O–H groups in total. The minimum absolute atomic E-state index is 0.600. The summed E-state index contributed by atoms with van der Waals surface area (Å²) in [4.78, 5) is 14.2. The Kier molecular flexibility index (Phi) is 5.17. The summed E-state index contributed by atoms with van der Waals surface area (Å²) in [6.45, 7) is 8.83. The molecule has 4 nitrogen and oxygen atoms in total. The molecule has 0 amide bonds. The predicted octanol–water partition coefficient (Wildman–Crippen LogP) is 3.91. The largest absolute Gasteiger partial charge is 0.306 e. The molecule has 1 aromatic carbocycles. The minimum Gasteiger partial charge on any atom is -0.306 e. The summed E-state index contributed by atoms with van der Waals surface area (Å²) in [5.74, 6) is 4.35. The highest BCUT2D eigenvalue weighted by atomic mass is 15.2. The van der Waals surface area contributed by atoms with Crippen molar-refractivity contribution in [1.82, 2.24) is 14.8 Å². The average molecular weight is 391 g/mol. The third kappa shape index (κ3) is 3.73. The number of hydrogen-bond acceptors (Lipinski definition) is 4. The van der Waals surface area contributed by atoms with Crippen LogP contribution in [-0.2, 0) is 0 Å². The second-order valence-corrected chi connectivity index (χ2v) is 9.83. The highest BCUT2D eigenvalue weighted by molar-refractivity contribution is 5.98. The van der Waals surface area contributed by atoms with Crippen LogP contribution >= 0.6 is 0 Å². The first-order valence-electron chi connectivity index (χ1n) is 11.3. The van der Waals surface area contributed by atoms with E-state index in [0.29, 0.717) is 5.92 Å². The lowest BCUT2D eigenvalue weighted by Crippen LogP contribution is -2.39. The molecule has 3 heterocycles. The van der Waals surface area contributed by atoms with Crippen molar-refractivity contribution in [3.05, 3.63) is 41.6 Å². The average Bonchev–Trinajstić information content (AvgIpc) is 3.18. The molecule has 0 bridgehead atoms. The van der Waals surface area contributed by atoms with Gasteiger partial charge in [0.25, 0.3) is 0 Å². The second kappa shape index (κ2) is 7.81. The number of nitrogens with zero attached hydrogens (tertiary/aromatic N) is 4. The van der Waals surface area contributed by atoms with Crippen molar-refractivity contribution >= 4 is 17.1 Å². The molecule has 4 heteroatoms. The summed E-state index contributed by atoms with van der Waals surface area (Å²) >= 11 is 0. The summed E-state index contributed by atoms with van der Waals surface area (Å²) in [6.07, 6.45) is 6.51. The fraction of sp³-hybridized carbons (Fsp3) is 0.600. The molecule has 2 aromatic rings. The van der Waals surface area contributed by atoms with Crippen LogP contribution in [0.15, 0.2) is 35.5 Å². The first-order chi connectivity index (χ1) is 14.1. The number of aromatic nitrogens is 1. The van der Waals surface area contributed by atoms with Crippen LogP contribution < -0.4 is 0 Å². The van der Waals surface area contributed by atoms with E-state index in [4.69, 9.17) is 4.98 Å². The zero-order valence-corrected chi connectivity index (χ0v) is 18.1. The van der Waals surface area contributed by atoms with Crippen LogP contribution in [0, 0.1) is 23.7 Å². The van der Waals surface area contributed by atoms with Crippen LogP contribution in [0.1, 0.15) is 36.8 Å². The Hall–Kier alpha value is -1.78. The van der Waals surface area contributed by atoms with Gasteiger partial charge < -0.3 is 9.80 Å². The minimum atomic E-state index is 0.600. The summed E-state index contributed by atoms with van der Waals surface area (Å²) in [5.41, 5.74) is 3.69. The van der Waals surface area contributed by atoms with E-state index in [9.17, 15) is 0 Å². The highest BCUT2D eigenvalue weighted by Crippen LogP contribution is 2.53. The third-order valence-corrected chi connectivity index (χ3v) is 7.61. The Morgan fingerprint density at radius 2 is 1.97 bits per heavy atom. The van der Waals surface area contributed by atoms with Crippen LogP contribution in [0.2, 0.25) is 0 Å². The quantitative estimate of drug-likeness (QED) is 0.726.